The van der Waals surface area contributed by atoms with E-state index in [1.54, 1.807) is 12.1 Å². The van der Waals surface area contributed by atoms with Crippen molar-refractivity contribution in [1.82, 2.24) is 10.9 Å². The standard InChI is InChI=1S/C10H14N4OS/c1-14(2)8-5-3-4-7(6-8)9(15)12-13-10(11)16/h3-6H,1-2H3,(H,12,15)(H3,11,13,16). The second kappa shape index (κ2) is 5.32. The Balaban J connectivity index is 2.75. The van der Waals surface area contributed by atoms with Crippen LogP contribution in [-0.2, 0) is 0 Å². The summed E-state index contributed by atoms with van der Waals surface area (Å²) in [5.74, 6) is -0.281. The second-order valence-electron chi connectivity index (χ2n) is 3.39. The maximum atomic E-state index is 11.6. The first kappa shape index (κ1) is 12.3. The van der Waals surface area contributed by atoms with Crippen molar-refractivity contribution in [2.75, 3.05) is 19.0 Å². The average Bonchev–Trinajstić information content (AvgIpc) is 2.26. The van der Waals surface area contributed by atoms with Crippen LogP contribution in [0.3, 0.4) is 0 Å². The summed E-state index contributed by atoms with van der Waals surface area (Å²) in [5.41, 5.74) is 11.5. The van der Waals surface area contributed by atoms with Gasteiger partial charge in [0.15, 0.2) is 5.11 Å². The van der Waals surface area contributed by atoms with Crippen molar-refractivity contribution in [2.24, 2.45) is 5.73 Å². The zero-order valence-electron chi connectivity index (χ0n) is 9.15. The molecule has 0 radical (unpaired) electrons. The van der Waals surface area contributed by atoms with E-state index >= 15 is 0 Å². The third-order valence-electron chi connectivity index (χ3n) is 1.92. The molecule has 0 fully saturated rings. The predicted molar refractivity (Wildman–Crippen MR) is 68.2 cm³/mol. The number of amides is 1. The number of anilines is 1. The summed E-state index contributed by atoms with van der Waals surface area (Å²) >= 11 is 4.57. The van der Waals surface area contributed by atoms with Gasteiger partial charge in [0.05, 0.1) is 0 Å². The summed E-state index contributed by atoms with van der Waals surface area (Å²) in [6, 6.07) is 7.21. The molecule has 0 unspecified atom stereocenters. The lowest BCUT2D eigenvalue weighted by Crippen LogP contribution is -2.44. The Kier molecular flexibility index (Phi) is 4.07. The van der Waals surface area contributed by atoms with Gasteiger partial charge in [0, 0.05) is 25.3 Å². The molecule has 0 aliphatic carbocycles. The fourth-order valence-electron chi connectivity index (χ4n) is 1.12. The molecule has 0 heterocycles. The van der Waals surface area contributed by atoms with Crippen molar-refractivity contribution in [2.45, 2.75) is 0 Å². The van der Waals surface area contributed by atoms with E-state index in [4.69, 9.17) is 5.73 Å². The van der Waals surface area contributed by atoms with Gasteiger partial charge in [-0.05, 0) is 30.4 Å². The molecule has 0 aliphatic heterocycles. The molecule has 0 aliphatic rings. The van der Waals surface area contributed by atoms with E-state index in [0.717, 1.165) is 5.69 Å². The lowest BCUT2D eigenvalue weighted by atomic mass is 10.2. The van der Waals surface area contributed by atoms with Crippen LogP contribution in [0.25, 0.3) is 0 Å². The Morgan fingerprint density at radius 2 is 2.06 bits per heavy atom. The van der Waals surface area contributed by atoms with E-state index < -0.39 is 0 Å². The Morgan fingerprint density at radius 3 is 2.62 bits per heavy atom. The van der Waals surface area contributed by atoms with Crippen LogP contribution in [0.5, 0.6) is 0 Å². The van der Waals surface area contributed by atoms with Gasteiger partial charge in [0.2, 0.25) is 0 Å². The van der Waals surface area contributed by atoms with Gasteiger partial charge in [-0.3, -0.25) is 15.6 Å². The van der Waals surface area contributed by atoms with Crippen molar-refractivity contribution in [3.63, 3.8) is 0 Å². The molecule has 6 heteroatoms. The zero-order chi connectivity index (χ0) is 12.1. The number of carbonyl (C=O) groups excluding carboxylic acids is 1. The molecule has 5 nitrogen and oxygen atoms in total. The van der Waals surface area contributed by atoms with Gasteiger partial charge >= 0.3 is 0 Å². The van der Waals surface area contributed by atoms with Gasteiger partial charge in [-0.2, -0.15) is 0 Å². The molecule has 0 saturated heterocycles. The Hall–Kier alpha value is -1.82. The number of rotatable bonds is 2. The Labute approximate surface area is 99.6 Å². The molecule has 1 rings (SSSR count). The second-order valence-corrected chi connectivity index (χ2v) is 3.83. The summed E-state index contributed by atoms with van der Waals surface area (Å²) in [5, 5.41) is 0.0251. The number of benzene rings is 1. The first-order chi connectivity index (χ1) is 7.50. The van der Waals surface area contributed by atoms with Crippen molar-refractivity contribution in [1.29, 1.82) is 0 Å². The molecular formula is C10H14N4OS. The molecule has 86 valence electrons. The van der Waals surface area contributed by atoms with Crippen LogP contribution in [0.15, 0.2) is 24.3 Å². The van der Waals surface area contributed by atoms with E-state index in [2.05, 4.69) is 23.1 Å². The SMILES string of the molecule is CN(C)c1cccc(C(=O)NNC(N)=S)c1. The third kappa shape index (κ3) is 3.39. The Bertz CT molecular complexity index is 406. The fraction of sp³-hybridized carbons (Fsp3) is 0.200. The van der Waals surface area contributed by atoms with Gasteiger partial charge in [0.25, 0.3) is 5.91 Å². The van der Waals surface area contributed by atoms with Crippen LogP contribution in [0.1, 0.15) is 10.4 Å². The Morgan fingerprint density at radius 1 is 1.38 bits per heavy atom. The number of hydrogen-bond donors (Lipinski definition) is 3. The molecule has 1 aromatic carbocycles. The normalized spacial score (nSPS) is 9.38. The van der Waals surface area contributed by atoms with Gasteiger partial charge in [-0.15, -0.1) is 0 Å². The fourth-order valence-corrected chi connectivity index (χ4v) is 1.17. The van der Waals surface area contributed by atoms with E-state index in [1.165, 1.54) is 0 Å². The molecule has 0 spiro atoms. The highest BCUT2D eigenvalue weighted by atomic mass is 32.1. The van der Waals surface area contributed by atoms with Crippen molar-refractivity contribution in [3.05, 3.63) is 29.8 Å². The molecule has 0 aromatic heterocycles. The van der Waals surface area contributed by atoms with Crippen LogP contribution in [0.2, 0.25) is 0 Å². The summed E-state index contributed by atoms with van der Waals surface area (Å²) in [7, 11) is 3.81. The number of thiocarbonyl (C=S) groups is 1. The number of nitrogens with zero attached hydrogens (tertiary/aromatic N) is 1. The van der Waals surface area contributed by atoms with Crippen LogP contribution < -0.4 is 21.5 Å². The van der Waals surface area contributed by atoms with E-state index in [-0.39, 0.29) is 11.0 Å². The van der Waals surface area contributed by atoms with Crippen molar-refractivity contribution in [3.8, 4) is 0 Å². The molecule has 1 aromatic rings. The molecular weight excluding hydrogens is 224 g/mol. The zero-order valence-corrected chi connectivity index (χ0v) is 9.97. The maximum Gasteiger partial charge on any atom is 0.269 e. The van der Waals surface area contributed by atoms with Crippen LogP contribution in [0, 0.1) is 0 Å². The highest BCUT2D eigenvalue weighted by molar-refractivity contribution is 7.80. The summed E-state index contributed by atoms with van der Waals surface area (Å²) in [6.07, 6.45) is 0. The minimum absolute atomic E-state index is 0.0251. The molecule has 4 N–H and O–H groups in total. The highest BCUT2D eigenvalue weighted by Crippen LogP contribution is 2.12. The number of nitrogens with one attached hydrogen (secondary N) is 2. The van der Waals surface area contributed by atoms with Crippen LogP contribution in [-0.4, -0.2) is 25.1 Å². The first-order valence-electron chi connectivity index (χ1n) is 4.64. The minimum Gasteiger partial charge on any atom is -0.378 e. The summed E-state index contributed by atoms with van der Waals surface area (Å²) < 4.78 is 0. The van der Waals surface area contributed by atoms with Gasteiger partial charge in [0.1, 0.15) is 0 Å². The minimum atomic E-state index is -0.281. The molecule has 0 saturated carbocycles. The first-order valence-corrected chi connectivity index (χ1v) is 5.04. The summed E-state index contributed by atoms with van der Waals surface area (Å²) in [6.45, 7) is 0. The lowest BCUT2D eigenvalue weighted by molar-refractivity contribution is 0.0944. The maximum absolute atomic E-state index is 11.6. The van der Waals surface area contributed by atoms with Gasteiger partial charge < -0.3 is 10.6 Å². The lowest BCUT2D eigenvalue weighted by Gasteiger charge is -2.13. The third-order valence-corrected chi connectivity index (χ3v) is 2.03. The van der Waals surface area contributed by atoms with E-state index in [1.807, 2.05) is 31.1 Å². The summed E-state index contributed by atoms with van der Waals surface area (Å²) in [4.78, 5) is 13.5. The molecule has 0 bridgehead atoms. The molecule has 16 heavy (non-hydrogen) atoms. The highest BCUT2D eigenvalue weighted by Gasteiger charge is 2.06. The van der Waals surface area contributed by atoms with Crippen LogP contribution in [0.4, 0.5) is 5.69 Å². The topological polar surface area (TPSA) is 70.4 Å². The predicted octanol–water partition coefficient (Wildman–Crippen LogP) is 0.231. The number of carbonyl (C=O) groups is 1. The average molecular weight is 238 g/mol. The smallest absolute Gasteiger partial charge is 0.269 e. The largest absolute Gasteiger partial charge is 0.378 e. The van der Waals surface area contributed by atoms with Gasteiger partial charge in [-0.25, -0.2) is 0 Å². The van der Waals surface area contributed by atoms with Crippen LogP contribution >= 0.6 is 12.2 Å². The number of hydrazine groups is 1. The number of hydrogen-bond acceptors (Lipinski definition) is 3. The van der Waals surface area contributed by atoms with E-state index in [9.17, 15) is 4.79 Å². The van der Waals surface area contributed by atoms with Gasteiger partial charge in [-0.1, -0.05) is 6.07 Å². The van der Waals surface area contributed by atoms with E-state index in [0.29, 0.717) is 5.56 Å². The van der Waals surface area contributed by atoms with Crippen molar-refractivity contribution >= 4 is 28.9 Å². The number of nitrogens with two attached hydrogens (primary N) is 1. The molecule has 1 amide bonds. The quantitative estimate of drug-likeness (QED) is 0.508. The van der Waals surface area contributed by atoms with Crippen molar-refractivity contribution < 1.29 is 4.79 Å². The molecule has 0 atom stereocenters. The monoisotopic (exact) mass is 238 g/mol.